The van der Waals surface area contributed by atoms with Gasteiger partial charge in [-0.15, -0.1) is 0 Å². The van der Waals surface area contributed by atoms with E-state index in [0.717, 1.165) is 5.56 Å². The van der Waals surface area contributed by atoms with Gasteiger partial charge in [0.2, 0.25) is 5.91 Å². The van der Waals surface area contributed by atoms with Crippen molar-refractivity contribution in [1.82, 2.24) is 5.32 Å². The monoisotopic (exact) mass is 327 g/mol. The highest BCUT2D eigenvalue weighted by atomic mass is 16.5. The number of amides is 1. The number of aliphatic carboxylic acids is 1. The van der Waals surface area contributed by atoms with E-state index in [-0.39, 0.29) is 12.3 Å². The molecule has 0 aliphatic rings. The lowest BCUT2D eigenvalue weighted by molar-refractivity contribution is -0.142. The third-order valence-electron chi connectivity index (χ3n) is 3.49. The van der Waals surface area contributed by atoms with Crippen molar-refractivity contribution >= 4 is 11.9 Å². The maximum absolute atomic E-state index is 11.9. The topological polar surface area (TPSA) is 75.6 Å². The Bertz CT molecular complexity index is 643. The van der Waals surface area contributed by atoms with Gasteiger partial charge in [0.1, 0.15) is 0 Å². The second-order valence-corrected chi connectivity index (χ2v) is 5.39. The van der Waals surface area contributed by atoms with Crippen molar-refractivity contribution in [3.05, 3.63) is 71.8 Å². The molecule has 0 saturated carbocycles. The van der Waals surface area contributed by atoms with Gasteiger partial charge in [-0.1, -0.05) is 60.7 Å². The average Bonchev–Trinajstić information content (AvgIpc) is 2.61. The van der Waals surface area contributed by atoms with E-state index in [2.05, 4.69) is 5.32 Å². The standard InChI is InChI=1S/C19H21NO4/c21-17(12-7-13-24-14-15-8-3-1-4-9-15)20-18(19(22)23)16-10-5-2-6-11-16/h1-6,8-11,18H,7,12-14H2,(H,20,21)(H,22,23). The van der Waals surface area contributed by atoms with E-state index in [1.165, 1.54) is 0 Å². The molecule has 0 heterocycles. The van der Waals surface area contributed by atoms with Crippen molar-refractivity contribution in [2.75, 3.05) is 6.61 Å². The molecule has 2 aromatic carbocycles. The molecule has 0 aromatic heterocycles. The van der Waals surface area contributed by atoms with Crippen LogP contribution in [0.25, 0.3) is 0 Å². The number of carbonyl (C=O) groups excluding carboxylic acids is 1. The molecule has 2 rings (SSSR count). The summed E-state index contributed by atoms with van der Waals surface area (Å²) >= 11 is 0. The maximum Gasteiger partial charge on any atom is 0.330 e. The summed E-state index contributed by atoms with van der Waals surface area (Å²) in [7, 11) is 0. The molecule has 0 spiro atoms. The highest BCUT2D eigenvalue weighted by Crippen LogP contribution is 2.13. The van der Waals surface area contributed by atoms with Crippen LogP contribution in [0.1, 0.15) is 30.0 Å². The highest BCUT2D eigenvalue weighted by molar-refractivity contribution is 5.84. The first-order valence-electron chi connectivity index (χ1n) is 7.85. The minimum absolute atomic E-state index is 0.228. The largest absolute Gasteiger partial charge is 0.479 e. The molecule has 1 amide bonds. The van der Waals surface area contributed by atoms with Crippen LogP contribution in [0.15, 0.2) is 60.7 Å². The Morgan fingerprint density at radius 3 is 2.25 bits per heavy atom. The van der Waals surface area contributed by atoms with Crippen molar-refractivity contribution in [2.45, 2.75) is 25.5 Å². The number of hydrogen-bond acceptors (Lipinski definition) is 3. The number of carboxylic acid groups (broad SMARTS) is 1. The number of carbonyl (C=O) groups is 2. The quantitative estimate of drug-likeness (QED) is 0.694. The molecule has 0 radical (unpaired) electrons. The molecule has 5 nitrogen and oxygen atoms in total. The van der Waals surface area contributed by atoms with Gasteiger partial charge in [0.25, 0.3) is 0 Å². The third kappa shape index (κ3) is 5.85. The number of hydrogen-bond donors (Lipinski definition) is 2. The van der Waals surface area contributed by atoms with Crippen LogP contribution in [0, 0.1) is 0 Å². The first kappa shape index (κ1) is 17.7. The number of carboxylic acids is 1. The zero-order chi connectivity index (χ0) is 17.2. The summed E-state index contributed by atoms with van der Waals surface area (Å²) in [6, 6.07) is 17.4. The number of nitrogens with one attached hydrogen (secondary N) is 1. The molecular weight excluding hydrogens is 306 g/mol. The van der Waals surface area contributed by atoms with Gasteiger partial charge in [-0.25, -0.2) is 4.79 Å². The predicted molar refractivity (Wildman–Crippen MR) is 90.3 cm³/mol. The van der Waals surface area contributed by atoms with E-state index >= 15 is 0 Å². The smallest absolute Gasteiger partial charge is 0.330 e. The summed E-state index contributed by atoms with van der Waals surface area (Å²) in [5.41, 5.74) is 1.63. The fraction of sp³-hybridized carbons (Fsp3) is 0.263. The molecule has 0 aliphatic heterocycles. The van der Waals surface area contributed by atoms with E-state index in [1.807, 2.05) is 30.3 Å². The first-order chi connectivity index (χ1) is 11.7. The van der Waals surface area contributed by atoms with Gasteiger partial charge in [-0.05, 0) is 17.5 Å². The molecule has 2 N–H and O–H groups in total. The normalized spacial score (nSPS) is 11.7. The first-order valence-corrected chi connectivity index (χ1v) is 7.85. The second-order valence-electron chi connectivity index (χ2n) is 5.39. The van der Waals surface area contributed by atoms with Crippen molar-refractivity contribution in [2.24, 2.45) is 0 Å². The lowest BCUT2D eigenvalue weighted by Gasteiger charge is -2.14. The maximum atomic E-state index is 11.9. The van der Waals surface area contributed by atoms with Crippen LogP contribution in [-0.4, -0.2) is 23.6 Å². The second kappa shape index (κ2) is 9.47. The number of benzene rings is 2. The van der Waals surface area contributed by atoms with Crippen LogP contribution >= 0.6 is 0 Å². The van der Waals surface area contributed by atoms with Crippen LogP contribution in [0.2, 0.25) is 0 Å². The molecule has 0 fully saturated rings. The summed E-state index contributed by atoms with van der Waals surface area (Å²) in [5.74, 6) is -1.37. The van der Waals surface area contributed by atoms with Crippen LogP contribution in [0.4, 0.5) is 0 Å². The molecule has 24 heavy (non-hydrogen) atoms. The van der Waals surface area contributed by atoms with Crippen LogP contribution in [-0.2, 0) is 20.9 Å². The fourth-order valence-electron chi connectivity index (χ4n) is 2.27. The minimum atomic E-state index is -1.07. The highest BCUT2D eigenvalue weighted by Gasteiger charge is 2.21. The molecular formula is C19H21NO4. The zero-order valence-corrected chi connectivity index (χ0v) is 13.4. The van der Waals surface area contributed by atoms with E-state index in [1.54, 1.807) is 30.3 Å². The van der Waals surface area contributed by atoms with Gasteiger partial charge in [-0.3, -0.25) is 4.79 Å². The third-order valence-corrected chi connectivity index (χ3v) is 3.49. The molecule has 0 aliphatic carbocycles. The molecule has 2 aromatic rings. The van der Waals surface area contributed by atoms with Gasteiger partial charge in [0.15, 0.2) is 6.04 Å². The van der Waals surface area contributed by atoms with Crippen LogP contribution in [0.3, 0.4) is 0 Å². The average molecular weight is 327 g/mol. The molecule has 1 unspecified atom stereocenters. The van der Waals surface area contributed by atoms with Crippen molar-refractivity contribution < 1.29 is 19.4 Å². The van der Waals surface area contributed by atoms with Crippen molar-refractivity contribution in [3.63, 3.8) is 0 Å². The minimum Gasteiger partial charge on any atom is -0.479 e. The summed E-state index contributed by atoms with van der Waals surface area (Å²) in [6.07, 6.45) is 0.769. The predicted octanol–water partition coefficient (Wildman–Crippen LogP) is 2.93. The summed E-state index contributed by atoms with van der Waals surface area (Å²) in [4.78, 5) is 23.3. The Kier molecular flexibility index (Phi) is 6.98. The van der Waals surface area contributed by atoms with Gasteiger partial charge >= 0.3 is 5.97 Å². The van der Waals surface area contributed by atoms with E-state index < -0.39 is 12.0 Å². The zero-order valence-electron chi connectivity index (χ0n) is 13.4. The summed E-state index contributed by atoms with van der Waals surface area (Å²) < 4.78 is 5.51. The van der Waals surface area contributed by atoms with Crippen LogP contribution in [0.5, 0.6) is 0 Å². The fourth-order valence-corrected chi connectivity index (χ4v) is 2.27. The lowest BCUT2D eigenvalue weighted by atomic mass is 10.1. The van der Waals surface area contributed by atoms with Gasteiger partial charge < -0.3 is 15.2 Å². The van der Waals surface area contributed by atoms with Crippen LogP contribution < -0.4 is 5.32 Å². The summed E-state index contributed by atoms with van der Waals surface area (Å²) in [6.45, 7) is 0.954. The van der Waals surface area contributed by atoms with E-state index in [9.17, 15) is 14.7 Å². The Hall–Kier alpha value is -2.66. The number of rotatable bonds is 9. The van der Waals surface area contributed by atoms with Gasteiger partial charge in [0, 0.05) is 13.0 Å². The van der Waals surface area contributed by atoms with E-state index in [4.69, 9.17) is 4.74 Å². The molecule has 1 atom stereocenters. The van der Waals surface area contributed by atoms with E-state index in [0.29, 0.717) is 25.2 Å². The van der Waals surface area contributed by atoms with Crippen molar-refractivity contribution in [3.8, 4) is 0 Å². The van der Waals surface area contributed by atoms with Crippen molar-refractivity contribution in [1.29, 1.82) is 0 Å². The summed E-state index contributed by atoms with van der Waals surface area (Å²) in [5, 5.41) is 11.8. The Morgan fingerprint density at radius 1 is 1.00 bits per heavy atom. The lowest BCUT2D eigenvalue weighted by Crippen LogP contribution is -2.33. The van der Waals surface area contributed by atoms with Gasteiger partial charge in [-0.2, -0.15) is 0 Å². The Labute approximate surface area is 141 Å². The van der Waals surface area contributed by atoms with Gasteiger partial charge in [0.05, 0.1) is 6.61 Å². The SMILES string of the molecule is O=C(CCCOCc1ccccc1)NC(C(=O)O)c1ccccc1. The molecule has 126 valence electrons. The Balaban J connectivity index is 1.71. The molecule has 5 heteroatoms. The molecule has 0 saturated heterocycles. The molecule has 0 bridgehead atoms. The Morgan fingerprint density at radius 2 is 1.62 bits per heavy atom. The number of ether oxygens (including phenoxy) is 1.